The fourth-order valence-electron chi connectivity index (χ4n) is 3.49. The smallest absolute Gasteiger partial charge is 0.272 e. The number of benzene rings is 1. The van der Waals surface area contributed by atoms with E-state index >= 15 is 0 Å². The Bertz CT molecular complexity index is 936. The van der Waals surface area contributed by atoms with Crippen LogP contribution in [0.3, 0.4) is 0 Å². The average Bonchev–Trinajstić information content (AvgIpc) is 3.24. The topological polar surface area (TPSA) is 75.6 Å². The quantitative estimate of drug-likeness (QED) is 0.760. The first-order valence-electron chi connectivity index (χ1n) is 9.08. The summed E-state index contributed by atoms with van der Waals surface area (Å²) in [5.41, 5.74) is 6.00. The second kappa shape index (κ2) is 6.78. The highest BCUT2D eigenvalue weighted by Gasteiger charge is 2.25. The summed E-state index contributed by atoms with van der Waals surface area (Å²) in [6.07, 6.45) is 5.86. The summed E-state index contributed by atoms with van der Waals surface area (Å²) in [7, 11) is 0. The van der Waals surface area contributed by atoms with Gasteiger partial charge in [-0.15, -0.1) is 0 Å². The van der Waals surface area contributed by atoms with Crippen molar-refractivity contribution in [3.05, 3.63) is 64.5 Å². The van der Waals surface area contributed by atoms with Gasteiger partial charge in [0.1, 0.15) is 5.82 Å². The van der Waals surface area contributed by atoms with E-state index in [0.717, 1.165) is 48.5 Å². The number of aromatic amines is 1. The molecule has 0 atom stereocenters. The maximum absolute atomic E-state index is 12.8. The lowest BCUT2D eigenvalue weighted by molar-refractivity contribution is 0.0943. The van der Waals surface area contributed by atoms with Gasteiger partial charge in [0.2, 0.25) is 0 Å². The Hall–Kier alpha value is -2.89. The highest BCUT2D eigenvalue weighted by molar-refractivity contribution is 5.94. The molecule has 0 fully saturated rings. The minimum absolute atomic E-state index is 0.136. The van der Waals surface area contributed by atoms with E-state index in [9.17, 15) is 4.79 Å². The van der Waals surface area contributed by atoms with Crippen molar-refractivity contribution >= 4 is 5.91 Å². The molecule has 4 rings (SSSR count). The second-order valence-electron chi connectivity index (χ2n) is 6.92. The Morgan fingerprint density at radius 2 is 1.96 bits per heavy atom. The number of aromatic nitrogens is 4. The molecule has 1 aromatic carbocycles. The third-order valence-electron chi connectivity index (χ3n) is 4.85. The van der Waals surface area contributed by atoms with E-state index in [1.54, 1.807) is 6.20 Å². The molecule has 0 saturated carbocycles. The van der Waals surface area contributed by atoms with Crippen molar-refractivity contribution in [2.24, 2.45) is 0 Å². The lowest BCUT2D eigenvalue weighted by atomic mass is 9.95. The van der Waals surface area contributed by atoms with Crippen LogP contribution in [-0.4, -0.2) is 25.7 Å². The molecular weight excluding hydrogens is 326 g/mol. The first-order chi connectivity index (χ1) is 12.6. The Labute approximate surface area is 152 Å². The van der Waals surface area contributed by atoms with Crippen LogP contribution in [0, 0.1) is 13.8 Å². The predicted octanol–water partition coefficient (Wildman–Crippen LogP) is 3.02. The van der Waals surface area contributed by atoms with Gasteiger partial charge in [-0.25, -0.2) is 9.67 Å². The summed E-state index contributed by atoms with van der Waals surface area (Å²) in [6, 6.07) is 8.27. The number of nitrogens with zero attached hydrogens (tertiary/aromatic N) is 3. The van der Waals surface area contributed by atoms with Crippen LogP contribution in [0.4, 0.5) is 0 Å². The fraction of sp³-hybridized carbons (Fsp3) is 0.350. The van der Waals surface area contributed by atoms with Gasteiger partial charge in [-0.1, -0.05) is 17.7 Å². The van der Waals surface area contributed by atoms with Gasteiger partial charge in [0.15, 0.2) is 5.69 Å². The van der Waals surface area contributed by atoms with E-state index in [-0.39, 0.29) is 5.91 Å². The van der Waals surface area contributed by atoms with E-state index in [0.29, 0.717) is 12.2 Å². The lowest BCUT2D eigenvalue weighted by Crippen LogP contribution is -2.25. The van der Waals surface area contributed by atoms with Crippen LogP contribution in [0.25, 0.3) is 5.69 Å². The van der Waals surface area contributed by atoms with Crippen LogP contribution in [-0.2, 0) is 19.4 Å². The van der Waals surface area contributed by atoms with Gasteiger partial charge in [0.25, 0.3) is 5.91 Å². The van der Waals surface area contributed by atoms with Gasteiger partial charge >= 0.3 is 0 Å². The molecule has 1 aliphatic rings. The lowest BCUT2D eigenvalue weighted by Gasteiger charge is -2.14. The maximum atomic E-state index is 12.8. The molecule has 6 nitrogen and oxygen atoms in total. The first-order valence-corrected chi connectivity index (χ1v) is 9.08. The van der Waals surface area contributed by atoms with Gasteiger partial charge in [-0.3, -0.25) is 4.79 Å². The highest BCUT2D eigenvalue weighted by Crippen LogP contribution is 2.27. The van der Waals surface area contributed by atoms with Gasteiger partial charge in [-0.05, 0) is 51.7 Å². The van der Waals surface area contributed by atoms with Gasteiger partial charge in [-0.2, -0.15) is 5.10 Å². The summed E-state index contributed by atoms with van der Waals surface area (Å²) >= 11 is 0. The number of amides is 1. The third-order valence-corrected chi connectivity index (χ3v) is 4.85. The summed E-state index contributed by atoms with van der Waals surface area (Å²) < 4.78 is 1.94. The van der Waals surface area contributed by atoms with Crippen LogP contribution >= 0.6 is 0 Å². The number of carbonyl (C=O) groups excluding carboxylic acids is 1. The normalized spacial score (nSPS) is 13.5. The van der Waals surface area contributed by atoms with Crippen molar-refractivity contribution in [2.45, 2.75) is 46.1 Å². The third kappa shape index (κ3) is 3.14. The van der Waals surface area contributed by atoms with E-state index < -0.39 is 0 Å². The predicted molar refractivity (Wildman–Crippen MR) is 99.4 cm³/mol. The standard InChI is InChI=1S/C20H23N5O/c1-13-7-9-15(10-8-13)25-17-6-4-3-5-16(17)19(24-25)20(26)22-12-18-21-11-14(2)23-18/h7-11H,3-6,12H2,1-2H3,(H,21,23)(H,22,26). The summed E-state index contributed by atoms with van der Waals surface area (Å²) in [6.45, 7) is 4.38. The zero-order valence-corrected chi connectivity index (χ0v) is 15.2. The number of imidazole rings is 1. The molecule has 1 amide bonds. The SMILES string of the molecule is Cc1ccc(-n2nc(C(=O)NCc3ncc(C)[nH]3)c3c2CCCC3)cc1. The molecule has 0 spiro atoms. The fourth-order valence-corrected chi connectivity index (χ4v) is 3.49. The van der Waals surface area contributed by atoms with Crippen molar-refractivity contribution in [2.75, 3.05) is 0 Å². The number of aryl methyl sites for hydroxylation is 2. The number of hydrogen-bond donors (Lipinski definition) is 2. The van der Waals surface area contributed by atoms with E-state index in [1.165, 1.54) is 11.3 Å². The Kier molecular flexibility index (Phi) is 4.32. The minimum Gasteiger partial charge on any atom is -0.345 e. The maximum Gasteiger partial charge on any atom is 0.272 e. The zero-order chi connectivity index (χ0) is 18.1. The van der Waals surface area contributed by atoms with Crippen LogP contribution in [0.15, 0.2) is 30.5 Å². The summed E-state index contributed by atoms with van der Waals surface area (Å²) in [5.74, 6) is 0.616. The number of carbonyl (C=O) groups is 1. The largest absolute Gasteiger partial charge is 0.345 e. The Morgan fingerprint density at radius 1 is 1.19 bits per heavy atom. The number of fused-ring (bicyclic) bond motifs is 1. The van der Waals surface area contributed by atoms with Gasteiger partial charge < -0.3 is 10.3 Å². The molecular formula is C20H23N5O. The number of hydrogen-bond acceptors (Lipinski definition) is 3. The minimum atomic E-state index is -0.136. The van der Waals surface area contributed by atoms with Gasteiger partial charge in [0.05, 0.1) is 12.2 Å². The van der Waals surface area contributed by atoms with Crippen molar-refractivity contribution in [3.63, 3.8) is 0 Å². The molecule has 0 saturated heterocycles. The molecule has 26 heavy (non-hydrogen) atoms. The molecule has 0 radical (unpaired) electrons. The Morgan fingerprint density at radius 3 is 2.69 bits per heavy atom. The number of H-pyrrole nitrogens is 1. The van der Waals surface area contributed by atoms with Crippen molar-refractivity contribution < 1.29 is 4.79 Å². The van der Waals surface area contributed by atoms with Crippen LogP contribution < -0.4 is 5.32 Å². The Balaban J connectivity index is 1.63. The molecule has 2 heterocycles. The first kappa shape index (κ1) is 16.6. The van der Waals surface area contributed by atoms with Crippen LogP contribution in [0.1, 0.15) is 51.7 Å². The van der Waals surface area contributed by atoms with Crippen molar-refractivity contribution in [1.29, 1.82) is 0 Å². The monoisotopic (exact) mass is 349 g/mol. The number of nitrogens with one attached hydrogen (secondary N) is 2. The van der Waals surface area contributed by atoms with Crippen LogP contribution in [0.2, 0.25) is 0 Å². The van der Waals surface area contributed by atoms with Crippen molar-refractivity contribution in [1.82, 2.24) is 25.1 Å². The molecule has 2 N–H and O–H groups in total. The van der Waals surface area contributed by atoms with Crippen molar-refractivity contribution in [3.8, 4) is 5.69 Å². The van der Waals surface area contributed by atoms with Crippen LogP contribution in [0.5, 0.6) is 0 Å². The van der Waals surface area contributed by atoms with E-state index in [4.69, 9.17) is 0 Å². The molecule has 0 unspecified atom stereocenters. The molecule has 0 bridgehead atoms. The zero-order valence-electron chi connectivity index (χ0n) is 15.2. The molecule has 0 aliphatic heterocycles. The second-order valence-corrected chi connectivity index (χ2v) is 6.92. The molecule has 1 aliphatic carbocycles. The summed E-state index contributed by atoms with van der Waals surface area (Å²) in [5, 5.41) is 7.63. The average molecular weight is 349 g/mol. The molecule has 3 aromatic rings. The van der Waals surface area contributed by atoms with E-state index in [2.05, 4.69) is 51.6 Å². The highest BCUT2D eigenvalue weighted by atomic mass is 16.2. The molecule has 2 aromatic heterocycles. The molecule has 134 valence electrons. The number of rotatable bonds is 4. The summed E-state index contributed by atoms with van der Waals surface area (Å²) in [4.78, 5) is 20.1. The van der Waals surface area contributed by atoms with E-state index in [1.807, 2.05) is 11.6 Å². The van der Waals surface area contributed by atoms with Gasteiger partial charge in [0, 0.05) is 23.1 Å². The molecule has 6 heteroatoms.